The highest BCUT2D eigenvalue weighted by Crippen LogP contribution is 2.31. The number of aliphatic imine (C=N–C) groups is 1. The summed E-state index contributed by atoms with van der Waals surface area (Å²) in [6.45, 7) is 2.11. The summed E-state index contributed by atoms with van der Waals surface area (Å²) < 4.78 is 24.5. The van der Waals surface area contributed by atoms with E-state index in [1.54, 1.807) is 12.1 Å². The third-order valence-corrected chi connectivity index (χ3v) is 5.60. The molecule has 0 fully saturated rings. The van der Waals surface area contributed by atoms with Crippen LogP contribution >= 0.6 is 15.9 Å². The van der Waals surface area contributed by atoms with E-state index < -0.39 is 15.7 Å². The number of rotatable bonds is 7. The summed E-state index contributed by atoms with van der Waals surface area (Å²) in [7, 11) is -3.50. The maximum atomic E-state index is 12.1. The summed E-state index contributed by atoms with van der Waals surface area (Å²) in [6, 6.07) is 3.20. The van der Waals surface area contributed by atoms with Crippen LogP contribution < -0.4 is 11.5 Å². The smallest absolute Gasteiger partial charge is 0.281 e. The Morgan fingerprint density at radius 1 is 1.22 bits per heavy atom. The summed E-state index contributed by atoms with van der Waals surface area (Å²) in [4.78, 5) is 15.6. The van der Waals surface area contributed by atoms with Gasteiger partial charge < -0.3 is 11.5 Å². The number of carbonyl (C=O) groups is 1. The second-order valence-corrected chi connectivity index (χ2v) is 8.09. The molecule has 6 nitrogen and oxygen atoms in total. The number of sulfone groups is 1. The highest BCUT2D eigenvalue weighted by molar-refractivity contribution is 9.10. The third-order valence-electron chi connectivity index (χ3n) is 3.31. The Bertz CT molecular complexity index is 711. The van der Waals surface area contributed by atoms with E-state index in [2.05, 4.69) is 27.8 Å². The summed E-state index contributed by atoms with van der Waals surface area (Å²) in [5, 5.41) is 0. The maximum Gasteiger partial charge on any atom is 0.281 e. The molecule has 0 aliphatic carbocycles. The lowest BCUT2D eigenvalue weighted by Crippen LogP contribution is -2.24. The molecule has 0 saturated heterocycles. The minimum atomic E-state index is -3.50. The molecule has 0 aromatic heterocycles. The first-order valence-corrected chi connectivity index (χ1v) is 10.0. The van der Waals surface area contributed by atoms with Gasteiger partial charge in [-0.2, -0.15) is 4.99 Å². The number of nitrogens with zero attached hydrogens (tertiary/aromatic N) is 1. The zero-order chi connectivity index (χ0) is 17.6. The van der Waals surface area contributed by atoms with Crippen molar-refractivity contribution in [3.05, 3.63) is 27.7 Å². The quantitative estimate of drug-likeness (QED) is 0.411. The molecule has 0 saturated carbocycles. The van der Waals surface area contributed by atoms with Gasteiger partial charge in [0.1, 0.15) is 0 Å². The maximum absolute atomic E-state index is 12.1. The van der Waals surface area contributed by atoms with Gasteiger partial charge in [0.25, 0.3) is 5.91 Å². The van der Waals surface area contributed by atoms with Crippen LogP contribution in [0.15, 0.2) is 26.5 Å². The fourth-order valence-corrected chi connectivity index (χ4v) is 4.80. The van der Waals surface area contributed by atoms with E-state index in [0.29, 0.717) is 12.0 Å². The molecule has 0 bridgehead atoms. The van der Waals surface area contributed by atoms with Gasteiger partial charge in [-0.05, 0) is 40.4 Å². The van der Waals surface area contributed by atoms with Crippen LogP contribution in [0.25, 0.3) is 0 Å². The molecule has 1 amide bonds. The molecule has 0 atom stereocenters. The number of hydrogen-bond donors (Lipinski definition) is 2. The zero-order valence-corrected chi connectivity index (χ0v) is 15.7. The van der Waals surface area contributed by atoms with Gasteiger partial charge in [0.2, 0.25) is 0 Å². The van der Waals surface area contributed by atoms with Gasteiger partial charge in [-0.25, -0.2) is 8.42 Å². The number of carbonyl (C=O) groups excluding carboxylic acids is 1. The first-order valence-electron chi connectivity index (χ1n) is 7.33. The number of halogens is 1. The van der Waals surface area contributed by atoms with Gasteiger partial charge in [-0.15, -0.1) is 0 Å². The van der Waals surface area contributed by atoms with Crippen molar-refractivity contribution in [2.24, 2.45) is 16.5 Å². The van der Waals surface area contributed by atoms with E-state index >= 15 is 0 Å². The molecule has 0 unspecified atom stereocenters. The van der Waals surface area contributed by atoms with Gasteiger partial charge in [-0.3, -0.25) is 4.79 Å². The van der Waals surface area contributed by atoms with Gasteiger partial charge in [0.15, 0.2) is 15.8 Å². The lowest BCUT2D eigenvalue weighted by Gasteiger charge is -2.12. The largest absolute Gasteiger partial charge is 0.370 e. The number of hydrogen-bond acceptors (Lipinski definition) is 3. The van der Waals surface area contributed by atoms with Crippen molar-refractivity contribution >= 4 is 37.6 Å². The topological polar surface area (TPSA) is 116 Å². The number of benzene rings is 1. The molecule has 0 aliphatic heterocycles. The van der Waals surface area contributed by atoms with Crippen molar-refractivity contribution in [1.29, 1.82) is 0 Å². The van der Waals surface area contributed by atoms with Gasteiger partial charge in [-0.1, -0.05) is 32.3 Å². The van der Waals surface area contributed by atoms with Crippen molar-refractivity contribution in [2.75, 3.05) is 6.26 Å². The molecule has 0 heterocycles. The number of nitrogens with two attached hydrogens (primary N) is 2. The second kappa shape index (κ2) is 8.44. The Morgan fingerprint density at radius 2 is 1.87 bits per heavy atom. The Labute approximate surface area is 145 Å². The predicted molar refractivity (Wildman–Crippen MR) is 95.2 cm³/mol. The molecule has 1 aromatic carbocycles. The van der Waals surface area contributed by atoms with Crippen LogP contribution in [0.2, 0.25) is 0 Å². The standard InChI is InChI=1S/C15H22BrN3O3S/c1-3-4-5-6-7-10-8-9-11(14(20)19-15(17)18)12(16)13(10)23(2,21)22/h8-9H,3-7H2,1-2H3,(H4,17,18,19,20). The molecule has 0 spiro atoms. The molecule has 128 valence electrons. The molecule has 0 radical (unpaired) electrons. The average molecular weight is 404 g/mol. The third kappa shape index (κ3) is 5.62. The fourth-order valence-electron chi connectivity index (χ4n) is 2.28. The number of unbranched alkanes of at least 4 members (excludes halogenated alkanes) is 3. The normalized spacial score (nSPS) is 11.3. The zero-order valence-electron chi connectivity index (χ0n) is 13.3. The van der Waals surface area contributed by atoms with Crippen molar-refractivity contribution in [2.45, 2.75) is 43.9 Å². The van der Waals surface area contributed by atoms with Crippen molar-refractivity contribution in [1.82, 2.24) is 0 Å². The van der Waals surface area contributed by atoms with Crippen LogP contribution in [0.3, 0.4) is 0 Å². The molecular formula is C15H22BrN3O3S. The van der Waals surface area contributed by atoms with Crippen LogP contribution in [0, 0.1) is 0 Å². The Hall–Kier alpha value is -1.41. The van der Waals surface area contributed by atoms with Crippen LogP contribution in [0.5, 0.6) is 0 Å². The Kier molecular flexibility index (Phi) is 7.21. The molecule has 8 heteroatoms. The molecule has 1 aromatic rings. The highest BCUT2D eigenvalue weighted by Gasteiger charge is 2.22. The molecule has 1 rings (SSSR count). The Morgan fingerprint density at radius 3 is 2.39 bits per heavy atom. The minimum Gasteiger partial charge on any atom is -0.370 e. The van der Waals surface area contributed by atoms with Gasteiger partial charge in [0.05, 0.1) is 10.5 Å². The SMILES string of the molecule is CCCCCCc1ccc(C(=O)N=C(N)N)c(Br)c1S(C)(=O)=O. The van der Waals surface area contributed by atoms with E-state index in [1.165, 1.54) is 0 Å². The number of aryl methyl sites for hydroxylation is 1. The fraction of sp³-hybridized carbons (Fsp3) is 0.467. The van der Waals surface area contributed by atoms with E-state index in [0.717, 1.165) is 31.9 Å². The minimum absolute atomic E-state index is 0.121. The Balaban J connectivity index is 3.27. The van der Waals surface area contributed by atoms with E-state index in [9.17, 15) is 13.2 Å². The van der Waals surface area contributed by atoms with E-state index in [4.69, 9.17) is 11.5 Å². The van der Waals surface area contributed by atoms with Crippen LogP contribution in [0.4, 0.5) is 0 Å². The van der Waals surface area contributed by atoms with Crippen molar-refractivity contribution < 1.29 is 13.2 Å². The number of amides is 1. The summed E-state index contributed by atoms with van der Waals surface area (Å²) in [5.41, 5.74) is 11.2. The first-order chi connectivity index (χ1) is 10.7. The lowest BCUT2D eigenvalue weighted by atomic mass is 10.0. The monoisotopic (exact) mass is 403 g/mol. The highest BCUT2D eigenvalue weighted by atomic mass is 79.9. The molecular weight excluding hydrogens is 382 g/mol. The van der Waals surface area contributed by atoms with Gasteiger partial charge >= 0.3 is 0 Å². The molecule has 4 N–H and O–H groups in total. The summed E-state index contributed by atoms with van der Waals surface area (Å²) in [6.07, 6.45) is 5.90. The number of guanidine groups is 1. The van der Waals surface area contributed by atoms with Crippen molar-refractivity contribution in [3.63, 3.8) is 0 Å². The molecule has 0 aliphatic rings. The first kappa shape index (κ1) is 19.6. The van der Waals surface area contributed by atoms with E-state index in [1.807, 2.05) is 0 Å². The predicted octanol–water partition coefficient (Wildman–Crippen LogP) is 2.39. The summed E-state index contributed by atoms with van der Waals surface area (Å²) in [5.74, 6) is -1.05. The van der Waals surface area contributed by atoms with Crippen LogP contribution in [-0.2, 0) is 16.3 Å². The lowest BCUT2D eigenvalue weighted by molar-refractivity contribution is 0.100. The van der Waals surface area contributed by atoms with Crippen molar-refractivity contribution in [3.8, 4) is 0 Å². The van der Waals surface area contributed by atoms with Gasteiger partial charge in [0, 0.05) is 10.7 Å². The second-order valence-electron chi connectivity index (χ2n) is 5.34. The molecule has 23 heavy (non-hydrogen) atoms. The van der Waals surface area contributed by atoms with E-state index in [-0.39, 0.29) is 20.9 Å². The van der Waals surface area contributed by atoms with Crippen LogP contribution in [-0.4, -0.2) is 26.5 Å². The van der Waals surface area contributed by atoms with Crippen LogP contribution in [0.1, 0.15) is 48.5 Å². The average Bonchev–Trinajstić information content (AvgIpc) is 2.41. The summed E-state index contributed by atoms with van der Waals surface area (Å²) >= 11 is 3.23.